The van der Waals surface area contributed by atoms with E-state index < -0.39 is 0 Å². The van der Waals surface area contributed by atoms with Crippen molar-refractivity contribution in [2.45, 2.75) is 38.4 Å². The van der Waals surface area contributed by atoms with E-state index in [9.17, 15) is 9.59 Å². The van der Waals surface area contributed by atoms with Gasteiger partial charge in [0.15, 0.2) is 5.16 Å². The van der Waals surface area contributed by atoms with Crippen LogP contribution in [0.4, 0.5) is 0 Å². The first kappa shape index (κ1) is 19.5. The van der Waals surface area contributed by atoms with E-state index in [0.717, 1.165) is 5.56 Å². The van der Waals surface area contributed by atoms with Gasteiger partial charge in [-0.15, -0.1) is 0 Å². The highest BCUT2D eigenvalue weighted by atomic mass is 35.5. The monoisotopic (exact) mass is 379 g/mol. The molecule has 0 spiro atoms. The minimum absolute atomic E-state index is 0.00448. The fraction of sp³-hybridized carbons (Fsp3) is 0.389. The van der Waals surface area contributed by atoms with Crippen molar-refractivity contribution in [2.24, 2.45) is 0 Å². The Morgan fingerprint density at radius 2 is 2.08 bits per heavy atom. The maximum absolute atomic E-state index is 12.6. The quantitative estimate of drug-likeness (QED) is 0.591. The number of aryl methyl sites for hydroxylation is 1. The summed E-state index contributed by atoms with van der Waals surface area (Å²) in [6, 6.07) is 7.50. The van der Waals surface area contributed by atoms with Crippen molar-refractivity contribution in [2.75, 3.05) is 12.8 Å². The van der Waals surface area contributed by atoms with Crippen molar-refractivity contribution < 1.29 is 4.79 Å². The molecule has 5 nitrogen and oxygen atoms in total. The number of aromatic amines is 1. The van der Waals surface area contributed by atoms with E-state index in [1.54, 1.807) is 11.8 Å². The first-order valence-corrected chi connectivity index (χ1v) is 9.71. The van der Waals surface area contributed by atoms with Crippen molar-refractivity contribution >= 4 is 29.3 Å². The van der Waals surface area contributed by atoms with Gasteiger partial charge in [-0.3, -0.25) is 9.59 Å². The van der Waals surface area contributed by atoms with Gasteiger partial charge in [0.05, 0.1) is 0 Å². The van der Waals surface area contributed by atoms with Crippen LogP contribution >= 0.6 is 23.4 Å². The standard InChI is InChI=1S/C18H22ClN3O2S/c1-4-22(11-13-7-5-6-8-15(13)19)16(23)10-9-14-12(2)20-18(25-3)21-17(14)24/h5-8H,4,9-11H2,1-3H3,(H,20,21,24). The molecule has 0 saturated carbocycles. The summed E-state index contributed by atoms with van der Waals surface area (Å²) in [7, 11) is 0. The van der Waals surface area contributed by atoms with E-state index in [4.69, 9.17) is 11.6 Å². The summed E-state index contributed by atoms with van der Waals surface area (Å²) in [6.45, 7) is 4.79. The lowest BCUT2D eigenvalue weighted by molar-refractivity contribution is -0.131. The summed E-state index contributed by atoms with van der Waals surface area (Å²) in [6.07, 6.45) is 2.50. The van der Waals surface area contributed by atoms with Crippen molar-refractivity contribution in [1.29, 1.82) is 0 Å². The van der Waals surface area contributed by atoms with Gasteiger partial charge in [-0.25, -0.2) is 4.98 Å². The predicted molar refractivity (Wildman–Crippen MR) is 102 cm³/mol. The van der Waals surface area contributed by atoms with E-state index >= 15 is 0 Å². The molecular formula is C18H22ClN3O2S. The first-order chi connectivity index (χ1) is 12.0. The molecule has 0 atom stereocenters. The van der Waals surface area contributed by atoms with Crippen LogP contribution in [0.1, 0.15) is 30.2 Å². The van der Waals surface area contributed by atoms with Crippen molar-refractivity contribution in [1.82, 2.24) is 14.9 Å². The van der Waals surface area contributed by atoms with Gasteiger partial charge in [-0.05, 0) is 38.2 Å². The number of benzene rings is 1. The highest BCUT2D eigenvalue weighted by Gasteiger charge is 2.16. The van der Waals surface area contributed by atoms with Gasteiger partial charge in [-0.2, -0.15) is 0 Å². The van der Waals surface area contributed by atoms with Gasteiger partial charge in [0, 0.05) is 35.8 Å². The van der Waals surface area contributed by atoms with Gasteiger partial charge < -0.3 is 9.88 Å². The average molecular weight is 380 g/mol. The number of aromatic nitrogens is 2. The van der Waals surface area contributed by atoms with Gasteiger partial charge >= 0.3 is 0 Å². The predicted octanol–water partition coefficient (Wildman–Crippen LogP) is 3.43. The number of carbonyl (C=O) groups is 1. The second kappa shape index (κ2) is 9.06. The van der Waals surface area contributed by atoms with E-state index in [1.807, 2.05) is 37.4 Å². The largest absolute Gasteiger partial charge is 0.339 e. The number of hydrogen-bond acceptors (Lipinski definition) is 4. The Morgan fingerprint density at radius 3 is 2.68 bits per heavy atom. The van der Waals surface area contributed by atoms with E-state index in [0.29, 0.717) is 40.9 Å². The smallest absolute Gasteiger partial charge is 0.254 e. The van der Waals surface area contributed by atoms with Gasteiger partial charge in [0.25, 0.3) is 5.56 Å². The fourth-order valence-corrected chi connectivity index (χ4v) is 3.19. The molecule has 1 heterocycles. The number of halogens is 1. The van der Waals surface area contributed by atoms with E-state index in [1.165, 1.54) is 11.8 Å². The summed E-state index contributed by atoms with van der Waals surface area (Å²) >= 11 is 7.57. The highest BCUT2D eigenvalue weighted by molar-refractivity contribution is 7.98. The third-order valence-corrected chi connectivity index (χ3v) is 4.98. The molecule has 0 bridgehead atoms. The SMILES string of the molecule is CCN(Cc1ccccc1Cl)C(=O)CCc1c(C)nc(SC)[nH]c1=O. The zero-order valence-corrected chi connectivity index (χ0v) is 16.2. The van der Waals surface area contributed by atoms with Crippen LogP contribution in [0.5, 0.6) is 0 Å². The maximum Gasteiger partial charge on any atom is 0.254 e. The molecule has 0 saturated heterocycles. The topological polar surface area (TPSA) is 66.1 Å². The Balaban J connectivity index is 2.06. The minimum atomic E-state index is -0.168. The molecule has 0 radical (unpaired) electrons. The third kappa shape index (κ3) is 5.09. The summed E-state index contributed by atoms with van der Waals surface area (Å²) < 4.78 is 0. The van der Waals surface area contributed by atoms with Gasteiger partial charge in [0.2, 0.25) is 5.91 Å². The Hall–Kier alpha value is -1.79. The summed E-state index contributed by atoms with van der Waals surface area (Å²) in [5.41, 5.74) is 1.99. The molecule has 0 aliphatic rings. The zero-order valence-electron chi connectivity index (χ0n) is 14.6. The molecule has 0 unspecified atom stereocenters. The van der Waals surface area contributed by atoms with E-state index in [-0.39, 0.29) is 17.9 Å². The molecule has 2 rings (SSSR count). The Labute approximate surface area is 156 Å². The van der Waals surface area contributed by atoms with Gasteiger partial charge in [0.1, 0.15) is 0 Å². The number of carbonyl (C=O) groups excluding carboxylic acids is 1. The lowest BCUT2D eigenvalue weighted by Crippen LogP contribution is -2.31. The highest BCUT2D eigenvalue weighted by Crippen LogP contribution is 2.18. The van der Waals surface area contributed by atoms with Gasteiger partial charge in [-0.1, -0.05) is 41.6 Å². The Bertz CT molecular complexity index is 807. The first-order valence-electron chi connectivity index (χ1n) is 8.11. The number of rotatable bonds is 7. The number of nitrogens with zero attached hydrogens (tertiary/aromatic N) is 2. The lowest BCUT2D eigenvalue weighted by atomic mass is 10.1. The third-order valence-electron chi connectivity index (χ3n) is 4.04. The molecule has 0 aliphatic heterocycles. The van der Waals surface area contributed by atoms with Crippen molar-refractivity contribution in [3.8, 4) is 0 Å². The number of H-pyrrole nitrogens is 1. The molecule has 0 aliphatic carbocycles. The van der Waals surface area contributed by atoms with Crippen molar-refractivity contribution in [3.63, 3.8) is 0 Å². The number of nitrogens with one attached hydrogen (secondary N) is 1. The zero-order chi connectivity index (χ0) is 18.4. The normalized spacial score (nSPS) is 10.7. The molecule has 0 fully saturated rings. The van der Waals surface area contributed by atoms with Crippen LogP contribution < -0.4 is 5.56 Å². The molecule has 1 aromatic carbocycles. The van der Waals surface area contributed by atoms with Crippen LogP contribution in [0.15, 0.2) is 34.2 Å². The maximum atomic E-state index is 12.6. The van der Waals surface area contributed by atoms with Crippen LogP contribution in [-0.2, 0) is 17.8 Å². The molecule has 7 heteroatoms. The number of amides is 1. The Kier molecular flexibility index (Phi) is 7.08. The second-order valence-electron chi connectivity index (χ2n) is 5.64. The molecule has 1 aromatic heterocycles. The lowest BCUT2D eigenvalue weighted by Gasteiger charge is -2.21. The van der Waals surface area contributed by atoms with Crippen LogP contribution in [0.25, 0.3) is 0 Å². The van der Waals surface area contributed by atoms with Crippen LogP contribution in [0.3, 0.4) is 0 Å². The molecule has 134 valence electrons. The fourth-order valence-electron chi connectivity index (χ4n) is 2.57. The summed E-state index contributed by atoms with van der Waals surface area (Å²) in [5, 5.41) is 1.24. The Morgan fingerprint density at radius 1 is 1.36 bits per heavy atom. The van der Waals surface area contributed by atoms with Crippen LogP contribution in [0, 0.1) is 6.92 Å². The molecule has 1 amide bonds. The molecule has 2 aromatic rings. The molecule has 1 N–H and O–H groups in total. The molecular weight excluding hydrogens is 358 g/mol. The second-order valence-corrected chi connectivity index (χ2v) is 6.84. The van der Waals surface area contributed by atoms with Crippen LogP contribution in [-0.4, -0.2) is 33.6 Å². The van der Waals surface area contributed by atoms with Crippen molar-refractivity contribution in [3.05, 3.63) is 56.5 Å². The minimum Gasteiger partial charge on any atom is -0.339 e. The molecule has 25 heavy (non-hydrogen) atoms. The summed E-state index contributed by atoms with van der Waals surface area (Å²) in [4.78, 5) is 33.5. The number of hydrogen-bond donors (Lipinski definition) is 1. The van der Waals surface area contributed by atoms with E-state index in [2.05, 4.69) is 9.97 Å². The summed E-state index contributed by atoms with van der Waals surface area (Å²) in [5.74, 6) is -0.00448. The van der Waals surface area contributed by atoms with Crippen LogP contribution in [0.2, 0.25) is 5.02 Å². The average Bonchev–Trinajstić information content (AvgIpc) is 2.59. The number of thioether (sulfide) groups is 1.